The molecule has 0 aliphatic carbocycles. The van der Waals surface area contributed by atoms with Crippen LogP contribution in [0, 0.1) is 0 Å². The van der Waals surface area contributed by atoms with Gasteiger partial charge in [0.1, 0.15) is 0 Å². The molecule has 1 rings (SSSR count). The predicted molar refractivity (Wildman–Crippen MR) is 71.6 cm³/mol. The minimum Gasteiger partial charge on any atom is -0.379 e. The smallest absolute Gasteiger partial charge is 0.221 e. The Morgan fingerprint density at radius 1 is 1.53 bits per heavy atom. The first-order valence-electron chi connectivity index (χ1n) is 6.30. The highest BCUT2D eigenvalue weighted by molar-refractivity contribution is 5.85. The monoisotopic (exact) mass is 264 g/mol. The third kappa shape index (κ3) is 8.41. The lowest BCUT2D eigenvalue weighted by atomic mass is 10.1. The molecule has 4 nitrogen and oxygen atoms in total. The Hall–Kier alpha value is -0.320. The van der Waals surface area contributed by atoms with Gasteiger partial charge in [0.05, 0.1) is 6.10 Å². The molecule has 1 fully saturated rings. The summed E-state index contributed by atoms with van der Waals surface area (Å²) in [6.07, 6.45) is 4.11. The maximum Gasteiger partial charge on any atom is 0.221 e. The van der Waals surface area contributed by atoms with Crippen LogP contribution in [0.15, 0.2) is 0 Å². The van der Waals surface area contributed by atoms with Gasteiger partial charge >= 0.3 is 0 Å². The summed E-state index contributed by atoms with van der Waals surface area (Å²) in [5.41, 5.74) is 0. The summed E-state index contributed by atoms with van der Waals surface area (Å²) in [6, 6.07) is 0.395. The summed E-state index contributed by atoms with van der Waals surface area (Å²) >= 11 is 0. The molecule has 0 radical (unpaired) electrons. The quantitative estimate of drug-likeness (QED) is 0.685. The maximum atomic E-state index is 11.5. The SMILES string of the molecule is CC(C)OCCCNC(=O)CC1CCCN1.Cl. The van der Waals surface area contributed by atoms with Crippen molar-refractivity contribution >= 4 is 18.3 Å². The number of nitrogens with one attached hydrogen (secondary N) is 2. The molecule has 0 aromatic rings. The van der Waals surface area contributed by atoms with Gasteiger partial charge in [-0.15, -0.1) is 12.4 Å². The van der Waals surface area contributed by atoms with E-state index in [0.29, 0.717) is 12.5 Å². The van der Waals surface area contributed by atoms with E-state index in [-0.39, 0.29) is 24.4 Å². The zero-order chi connectivity index (χ0) is 11.8. The average Bonchev–Trinajstić information content (AvgIpc) is 2.69. The Morgan fingerprint density at radius 2 is 2.29 bits per heavy atom. The summed E-state index contributed by atoms with van der Waals surface area (Å²) in [5, 5.41) is 6.24. The summed E-state index contributed by atoms with van der Waals surface area (Å²) < 4.78 is 5.39. The highest BCUT2D eigenvalue weighted by atomic mass is 35.5. The fourth-order valence-electron chi connectivity index (χ4n) is 1.85. The lowest BCUT2D eigenvalue weighted by Crippen LogP contribution is -2.32. The summed E-state index contributed by atoms with van der Waals surface area (Å²) in [6.45, 7) is 6.53. The number of rotatable bonds is 7. The van der Waals surface area contributed by atoms with Gasteiger partial charge < -0.3 is 15.4 Å². The number of amides is 1. The molecule has 1 unspecified atom stereocenters. The standard InChI is InChI=1S/C12H24N2O2.ClH/c1-10(2)16-8-4-7-14-12(15)9-11-5-3-6-13-11;/h10-11,13H,3-9H2,1-2H3,(H,14,15);1H. The molecule has 0 spiro atoms. The summed E-state index contributed by atoms with van der Waals surface area (Å²) in [4.78, 5) is 11.5. The molecule has 1 aliphatic heterocycles. The highest BCUT2D eigenvalue weighted by Gasteiger charge is 2.16. The average molecular weight is 265 g/mol. The van der Waals surface area contributed by atoms with Crippen LogP contribution in [0.25, 0.3) is 0 Å². The first-order chi connectivity index (χ1) is 7.68. The molecular weight excluding hydrogens is 240 g/mol. The Morgan fingerprint density at radius 3 is 2.88 bits per heavy atom. The lowest BCUT2D eigenvalue weighted by Gasteiger charge is -2.11. The Bertz CT molecular complexity index is 207. The largest absolute Gasteiger partial charge is 0.379 e. The third-order valence-electron chi connectivity index (χ3n) is 2.69. The minimum atomic E-state index is 0. The van der Waals surface area contributed by atoms with Crippen molar-refractivity contribution in [2.45, 2.75) is 51.7 Å². The van der Waals surface area contributed by atoms with Crippen molar-refractivity contribution in [3.8, 4) is 0 Å². The number of halogens is 1. The van der Waals surface area contributed by atoms with E-state index in [2.05, 4.69) is 10.6 Å². The molecule has 1 aliphatic rings. The molecule has 0 bridgehead atoms. The number of hydrogen-bond acceptors (Lipinski definition) is 3. The third-order valence-corrected chi connectivity index (χ3v) is 2.69. The molecule has 1 amide bonds. The van der Waals surface area contributed by atoms with E-state index in [9.17, 15) is 4.79 Å². The van der Waals surface area contributed by atoms with Crippen LogP contribution >= 0.6 is 12.4 Å². The number of hydrogen-bond donors (Lipinski definition) is 2. The molecule has 1 saturated heterocycles. The Kier molecular flexibility index (Phi) is 9.50. The van der Waals surface area contributed by atoms with Gasteiger partial charge in [-0.05, 0) is 39.7 Å². The summed E-state index contributed by atoms with van der Waals surface area (Å²) in [5.74, 6) is 0.156. The second-order valence-corrected chi connectivity index (χ2v) is 4.62. The van der Waals surface area contributed by atoms with Crippen LogP contribution in [0.4, 0.5) is 0 Å². The van der Waals surface area contributed by atoms with E-state index in [4.69, 9.17) is 4.74 Å². The van der Waals surface area contributed by atoms with E-state index in [1.165, 1.54) is 6.42 Å². The van der Waals surface area contributed by atoms with Crippen molar-refractivity contribution in [1.82, 2.24) is 10.6 Å². The topological polar surface area (TPSA) is 50.4 Å². The Balaban J connectivity index is 0.00000256. The van der Waals surface area contributed by atoms with Gasteiger partial charge in [-0.2, -0.15) is 0 Å². The maximum absolute atomic E-state index is 11.5. The predicted octanol–water partition coefficient (Wildman–Crippen LogP) is 1.48. The van der Waals surface area contributed by atoms with Crippen LogP contribution in [0.5, 0.6) is 0 Å². The van der Waals surface area contributed by atoms with Crippen molar-refractivity contribution < 1.29 is 9.53 Å². The first kappa shape index (κ1) is 16.7. The molecule has 102 valence electrons. The Labute approximate surface area is 110 Å². The van der Waals surface area contributed by atoms with E-state index < -0.39 is 0 Å². The van der Waals surface area contributed by atoms with Crippen molar-refractivity contribution in [1.29, 1.82) is 0 Å². The van der Waals surface area contributed by atoms with Crippen LogP contribution in [0.1, 0.15) is 39.5 Å². The zero-order valence-electron chi connectivity index (χ0n) is 10.8. The molecule has 5 heteroatoms. The minimum absolute atomic E-state index is 0. The van der Waals surface area contributed by atoms with Crippen molar-refractivity contribution in [3.63, 3.8) is 0 Å². The van der Waals surface area contributed by atoms with Crippen molar-refractivity contribution in [2.75, 3.05) is 19.7 Å². The highest BCUT2D eigenvalue weighted by Crippen LogP contribution is 2.07. The molecule has 1 heterocycles. The lowest BCUT2D eigenvalue weighted by molar-refractivity contribution is -0.121. The molecule has 0 saturated carbocycles. The van der Waals surface area contributed by atoms with E-state index in [1.807, 2.05) is 13.8 Å². The van der Waals surface area contributed by atoms with Gasteiger partial charge in [-0.25, -0.2) is 0 Å². The van der Waals surface area contributed by atoms with Crippen LogP contribution in [-0.4, -0.2) is 37.7 Å². The van der Waals surface area contributed by atoms with Gasteiger partial charge in [0.25, 0.3) is 0 Å². The van der Waals surface area contributed by atoms with Gasteiger partial charge in [0.2, 0.25) is 5.91 Å². The molecular formula is C12H25ClN2O2. The fourth-order valence-corrected chi connectivity index (χ4v) is 1.85. The van der Waals surface area contributed by atoms with Crippen LogP contribution in [-0.2, 0) is 9.53 Å². The van der Waals surface area contributed by atoms with Gasteiger partial charge in [-0.1, -0.05) is 0 Å². The normalized spacial score (nSPS) is 19.1. The second-order valence-electron chi connectivity index (χ2n) is 4.62. The molecule has 17 heavy (non-hydrogen) atoms. The fraction of sp³-hybridized carbons (Fsp3) is 0.917. The number of carbonyl (C=O) groups excluding carboxylic acids is 1. The van der Waals surface area contributed by atoms with E-state index in [1.54, 1.807) is 0 Å². The number of carbonyl (C=O) groups is 1. The zero-order valence-corrected chi connectivity index (χ0v) is 11.6. The second kappa shape index (κ2) is 9.68. The van der Waals surface area contributed by atoms with Gasteiger partial charge in [0, 0.05) is 25.6 Å². The van der Waals surface area contributed by atoms with E-state index >= 15 is 0 Å². The van der Waals surface area contributed by atoms with Gasteiger partial charge in [0.15, 0.2) is 0 Å². The first-order valence-corrected chi connectivity index (χ1v) is 6.30. The van der Waals surface area contributed by atoms with Crippen LogP contribution in [0.2, 0.25) is 0 Å². The molecule has 0 aromatic heterocycles. The number of ether oxygens (including phenoxy) is 1. The van der Waals surface area contributed by atoms with E-state index in [0.717, 1.165) is 32.5 Å². The molecule has 0 aromatic carbocycles. The van der Waals surface area contributed by atoms with Crippen LogP contribution < -0.4 is 10.6 Å². The van der Waals surface area contributed by atoms with Gasteiger partial charge in [-0.3, -0.25) is 4.79 Å². The van der Waals surface area contributed by atoms with Crippen molar-refractivity contribution in [3.05, 3.63) is 0 Å². The molecule has 1 atom stereocenters. The summed E-state index contributed by atoms with van der Waals surface area (Å²) in [7, 11) is 0. The van der Waals surface area contributed by atoms with Crippen molar-refractivity contribution in [2.24, 2.45) is 0 Å². The van der Waals surface area contributed by atoms with Crippen LogP contribution in [0.3, 0.4) is 0 Å². The molecule has 2 N–H and O–H groups in total.